The maximum absolute atomic E-state index is 11.7. The lowest BCUT2D eigenvalue weighted by Gasteiger charge is -2.42. The fraction of sp³-hybridized carbons (Fsp3) is 0.444. The van der Waals surface area contributed by atoms with Crippen LogP contribution in [-0.4, -0.2) is 46.2 Å². The predicted octanol–water partition coefficient (Wildman–Crippen LogP) is -1.21. The Morgan fingerprint density at radius 3 is 2.75 bits per heavy atom. The molecule has 2 rings (SSSR count). The van der Waals surface area contributed by atoms with Gasteiger partial charge in [-0.3, -0.25) is 14.1 Å². The first-order valence-corrected chi connectivity index (χ1v) is 7.77. The molecule has 1 fully saturated rings. The van der Waals surface area contributed by atoms with E-state index in [4.69, 9.17) is 10.3 Å². The fourth-order valence-corrected chi connectivity index (χ4v) is 3.34. The molecular weight excluding hydrogens is 308 g/mol. The molecule has 1 aliphatic heterocycles. The monoisotopic (exact) mass is 320 g/mol. The largest absolute Gasteiger partial charge is 0.375 e. The summed E-state index contributed by atoms with van der Waals surface area (Å²) < 4.78 is 30.9. The van der Waals surface area contributed by atoms with Crippen LogP contribution in [-0.2, 0) is 26.3 Å². The summed E-state index contributed by atoms with van der Waals surface area (Å²) in [4.78, 5) is 27.2. The number of carbonyl (C=O) groups is 2. The van der Waals surface area contributed by atoms with Crippen molar-refractivity contribution in [1.82, 2.24) is 14.6 Å². The molecule has 2 atom stereocenters. The average Bonchev–Trinajstić information content (AvgIpc) is 2.70. The Bertz CT molecular complexity index is 655. The highest BCUT2D eigenvalue weighted by atomic mass is 32.2. The highest BCUT2D eigenvalue weighted by molar-refractivity contribution is 7.84. The molecule has 1 aliphatic rings. The quantitative estimate of drug-likeness (QED) is 0.466. The van der Waals surface area contributed by atoms with Gasteiger partial charge >= 0.3 is 10.3 Å². The van der Waals surface area contributed by atoms with E-state index in [1.807, 2.05) is 0 Å². The number of nitrogens with one attached hydrogen (secondary N) is 1. The zero-order valence-electron chi connectivity index (χ0n) is 10.3. The maximum atomic E-state index is 11.7. The van der Waals surface area contributed by atoms with E-state index in [-0.39, 0.29) is 6.42 Å². The van der Waals surface area contributed by atoms with Crippen LogP contribution >= 0.6 is 11.3 Å². The Hall–Kier alpha value is -1.72. The van der Waals surface area contributed by atoms with E-state index in [2.05, 4.69) is 10.3 Å². The Morgan fingerprint density at radius 1 is 1.65 bits per heavy atom. The van der Waals surface area contributed by atoms with Gasteiger partial charge in [-0.1, -0.05) is 0 Å². The summed E-state index contributed by atoms with van der Waals surface area (Å²) in [5.74, 6) is -1.35. The van der Waals surface area contributed by atoms with Crippen LogP contribution < -0.4 is 11.1 Å². The van der Waals surface area contributed by atoms with E-state index >= 15 is 0 Å². The highest BCUT2D eigenvalue weighted by Crippen LogP contribution is 2.23. The van der Waals surface area contributed by atoms with Crippen molar-refractivity contribution < 1.29 is 22.6 Å². The number of β-lactam (4-membered cyclic amide) rings is 1. The molecule has 0 saturated carbocycles. The molecule has 110 valence electrons. The summed E-state index contributed by atoms with van der Waals surface area (Å²) in [5.41, 5.74) is 5.89. The van der Waals surface area contributed by atoms with Crippen molar-refractivity contribution in [2.45, 2.75) is 25.4 Å². The van der Waals surface area contributed by atoms with Crippen molar-refractivity contribution >= 4 is 38.6 Å². The predicted molar refractivity (Wildman–Crippen MR) is 70.0 cm³/mol. The van der Waals surface area contributed by atoms with Gasteiger partial charge in [0.05, 0.1) is 18.2 Å². The van der Waals surface area contributed by atoms with Gasteiger partial charge in [0.15, 0.2) is 5.13 Å². The van der Waals surface area contributed by atoms with Gasteiger partial charge < -0.3 is 11.1 Å². The molecule has 2 amide bonds. The molecule has 1 unspecified atom stereocenters. The van der Waals surface area contributed by atoms with Gasteiger partial charge in [0.2, 0.25) is 5.91 Å². The van der Waals surface area contributed by atoms with Crippen LogP contribution in [0.1, 0.15) is 12.6 Å². The average molecular weight is 320 g/mol. The number of nitrogen functional groups attached to an aromatic ring is 1. The Morgan fingerprint density at radius 2 is 2.30 bits per heavy atom. The number of amides is 2. The summed E-state index contributed by atoms with van der Waals surface area (Å²) in [6.45, 7) is 1.40. The zero-order valence-corrected chi connectivity index (χ0v) is 11.9. The summed E-state index contributed by atoms with van der Waals surface area (Å²) in [6.07, 6.45) is -0.0594. The molecular formula is C9H12N4O5S2. The fourth-order valence-electron chi connectivity index (χ4n) is 1.90. The van der Waals surface area contributed by atoms with Gasteiger partial charge in [-0.2, -0.15) is 8.42 Å². The summed E-state index contributed by atoms with van der Waals surface area (Å²) >= 11 is 1.19. The smallest absolute Gasteiger partial charge is 0.362 e. The molecule has 2 heterocycles. The highest BCUT2D eigenvalue weighted by Gasteiger charge is 2.51. The van der Waals surface area contributed by atoms with E-state index in [9.17, 15) is 18.0 Å². The zero-order chi connectivity index (χ0) is 15.1. The molecule has 1 saturated heterocycles. The maximum Gasteiger partial charge on any atom is 0.362 e. The van der Waals surface area contributed by atoms with Crippen molar-refractivity contribution in [2.24, 2.45) is 0 Å². The van der Waals surface area contributed by atoms with Crippen LogP contribution in [0.25, 0.3) is 0 Å². The second-order valence-electron chi connectivity index (χ2n) is 4.25. The van der Waals surface area contributed by atoms with E-state index in [0.29, 0.717) is 15.1 Å². The van der Waals surface area contributed by atoms with Gasteiger partial charge in [-0.05, 0) is 6.92 Å². The normalized spacial score (nSPS) is 22.5. The molecule has 1 aromatic heterocycles. The standard InChI is InChI=1S/C9H12N4O5S2/c1-4-7(8(15)13(4)20(16,17)18)12-6(14)2-5-3-19-9(10)11-5/h3-4,7H,2H2,1H3,(H2,10,11)(H,12,14)(H,16,17,18)/t4?,7-/m0/s1. The Kier molecular flexibility index (Phi) is 3.67. The van der Waals surface area contributed by atoms with Gasteiger partial charge in [0.25, 0.3) is 5.91 Å². The third-order valence-electron chi connectivity index (χ3n) is 2.81. The lowest BCUT2D eigenvalue weighted by atomic mass is 10.0. The van der Waals surface area contributed by atoms with Crippen LogP contribution in [0.15, 0.2) is 5.38 Å². The number of anilines is 1. The number of hydrogen-bond acceptors (Lipinski definition) is 7. The minimum absolute atomic E-state index is 0.0594. The third kappa shape index (κ3) is 2.73. The molecule has 0 radical (unpaired) electrons. The minimum Gasteiger partial charge on any atom is -0.375 e. The van der Waals surface area contributed by atoms with Crippen molar-refractivity contribution in [1.29, 1.82) is 0 Å². The van der Waals surface area contributed by atoms with Gasteiger partial charge in [0, 0.05) is 5.38 Å². The molecule has 0 bridgehead atoms. The SMILES string of the molecule is CC1[C@H](NC(=O)Cc2csc(N)n2)C(=O)N1S(=O)(=O)O. The first-order chi connectivity index (χ1) is 9.20. The van der Waals surface area contributed by atoms with Crippen molar-refractivity contribution in [3.05, 3.63) is 11.1 Å². The summed E-state index contributed by atoms with van der Waals surface area (Å²) in [6, 6.07) is -1.80. The number of carbonyl (C=O) groups excluding carboxylic acids is 2. The van der Waals surface area contributed by atoms with Crippen molar-refractivity contribution in [3.8, 4) is 0 Å². The third-order valence-corrected chi connectivity index (χ3v) is 4.54. The number of nitrogens with two attached hydrogens (primary N) is 1. The second-order valence-corrected chi connectivity index (χ2v) is 6.43. The summed E-state index contributed by atoms with van der Waals surface area (Å²) in [5, 5.41) is 4.34. The van der Waals surface area contributed by atoms with Gasteiger partial charge in [-0.15, -0.1) is 11.3 Å². The van der Waals surface area contributed by atoms with E-state index in [1.54, 1.807) is 5.38 Å². The van der Waals surface area contributed by atoms with Crippen molar-refractivity contribution in [3.63, 3.8) is 0 Å². The van der Waals surface area contributed by atoms with Crippen LogP contribution in [0.5, 0.6) is 0 Å². The molecule has 11 heteroatoms. The van der Waals surface area contributed by atoms with Crippen LogP contribution in [0.3, 0.4) is 0 Å². The van der Waals surface area contributed by atoms with Crippen molar-refractivity contribution in [2.75, 3.05) is 5.73 Å². The van der Waals surface area contributed by atoms with Crippen LogP contribution in [0.4, 0.5) is 5.13 Å². The van der Waals surface area contributed by atoms with Crippen LogP contribution in [0, 0.1) is 0 Å². The van der Waals surface area contributed by atoms with E-state index in [1.165, 1.54) is 18.3 Å². The molecule has 0 spiro atoms. The number of thiazole rings is 1. The summed E-state index contributed by atoms with van der Waals surface area (Å²) in [7, 11) is -4.58. The molecule has 20 heavy (non-hydrogen) atoms. The van der Waals surface area contributed by atoms with E-state index in [0.717, 1.165) is 0 Å². The number of rotatable bonds is 4. The molecule has 0 aromatic carbocycles. The molecule has 4 N–H and O–H groups in total. The van der Waals surface area contributed by atoms with E-state index < -0.39 is 34.2 Å². The Labute approximate surface area is 118 Å². The number of aromatic nitrogens is 1. The number of hydrogen-bond donors (Lipinski definition) is 3. The minimum atomic E-state index is -4.58. The number of nitrogens with zero attached hydrogens (tertiary/aromatic N) is 2. The lowest BCUT2D eigenvalue weighted by Crippen LogP contribution is -2.70. The topological polar surface area (TPSA) is 143 Å². The molecule has 1 aromatic rings. The Balaban J connectivity index is 1.95. The second kappa shape index (κ2) is 5.00. The first kappa shape index (κ1) is 14.7. The van der Waals surface area contributed by atoms with Gasteiger partial charge in [0.1, 0.15) is 6.04 Å². The first-order valence-electron chi connectivity index (χ1n) is 5.50. The molecule has 9 nitrogen and oxygen atoms in total. The van der Waals surface area contributed by atoms with Crippen LogP contribution in [0.2, 0.25) is 0 Å². The molecule has 0 aliphatic carbocycles. The lowest BCUT2D eigenvalue weighted by molar-refractivity contribution is -0.144. The van der Waals surface area contributed by atoms with Gasteiger partial charge in [-0.25, -0.2) is 9.29 Å².